The van der Waals surface area contributed by atoms with E-state index in [1.807, 2.05) is 29.2 Å². The first kappa shape index (κ1) is 18.8. The van der Waals surface area contributed by atoms with Crippen molar-refractivity contribution in [2.45, 2.75) is 6.92 Å². The Hall–Kier alpha value is -2.57. The number of carbonyl (C=O) groups excluding carboxylic acids is 1. The van der Waals surface area contributed by atoms with Gasteiger partial charge in [-0.05, 0) is 42.5 Å². The van der Waals surface area contributed by atoms with Crippen LogP contribution < -0.4 is 4.90 Å². The first-order chi connectivity index (χ1) is 13.5. The number of benzene rings is 2. The van der Waals surface area contributed by atoms with Crippen LogP contribution in [0.3, 0.4) is 0 Å². The van der Waals surface area contributed by atoms with Crippen LogP contribution in [0, 0.1) is 6.92 Å². The molecule has 8 heteroatoms. The monoisotopic (exact) mass is 416 g/mol. The van der Waals surface area contributed by atoms with Crippen molar-refractivity contribution in [3.8, 4) is 11.4 Å². The van der Waals surface area contributed by atoms with Gasteiger partial charge in [-0.3, -0.25) is 4.79 Å². The van der Waals surface area contributed by atoms with Gasteiger partial charge in [-0.2, -0.15) is 4.98 Å². The van der Waals surface area contributed by atoms with Crippen LogP contribution in [0.25, 0.3) is 11.4 Å². The number of nitrogens with zero attached hydrogens (tertiary/aromatic N) is 4. The molecule has 0 radical (unpaired) electrons. The third-order valence-corrected chi connectivity index (χ3v) is 5.49. The summed E-state index contributed by atoms with van der Waals surface area (Å²) in [5.74, 6) is 1.10. The van der Waals surface area contributed by atoms with Crippen LogP contribution in [0.5, 0.6) is 0 Å². The number of amides is 1. The lowest BCUT2D eigenvalue weighted by Gasteiger charge is -2.36. The molecule has 1 aromatic heterocycles. The molecule has 1 amide bonds. The lowest BCUT2D eigenvalue weighted by molar-refractivity contribution is 0.0747. The van der Waals surface area contributed by atoms with E-state index in [4.69, 9.17) is 27.7 Å². The van der Waals surface area contributed by atoms with E-state index in [0.717, 1.165) is 24.3 Å². The molecular weight excluding hydrogens is 399 g/mol. The molecule has 0 bridgehead atoms. The van der Waals surface area contributed by atoms with Crippen LogP contribution in [0.1, 0.15) is 16.2 Å². The molecule has 2 heterocycles. The molecule has 3 aromatic rings. The molecule has 144 valence electrons. The Balaban J connectivity index is 1.39. The van der Waals surface area contributed by atoms with Crippen molar-refractivity contribution in [1.82, 2.24) is 15.0 Å². The molecule has 1 fully saturated rings. The van der Waals surface area contributed by atoms with Gasteiger partial charge in [-0.25, -0.2) is 0 Å². The van der Waals surface area contributed by atoms with Gasteiger partial charge >= 0.3 is 0 Å². The van der Waals surface area contributed by atoms with Crippen LogP contribution in [-0.4, -0.2) is 47.1 Å². The zero-order valence-corrected chi connectivity index (χ0v) is 16.7. The van der Waals surface area contributed by atoms with E-state index in [2.05, 4.69) is 15.0 Å². The molecule has 0 saturated carbocycles. The highest BCUT2D eigenvalue weighted by molar-refractivity contribution is 6.42. The Morgan fingerprint density at radius 1 is 1.00 bits per heavy atom. The highest BCUT2D eigenvalue weighted by Crippen LogP contribution is 2.25. The van der Waals surface area contributed by atoms with Gasteiger partial charge in [0.05, 0.1) is 10.0 Å². The molecule has 1 aliphatic rings. The normalized spacial score (nSPS) is 14.4. The van der Waals surface area contributed by atoms with E-state index in [-0.39, 0.29) is 5.91 Å². The van der Waals surface area contributed by atoms with Gasteiger partial charge in [0.25, 0.3) is 5.91 Å². The van der Waals surface area contributed by atoms with Gasteiger partial charge in [0.15, 0.2) is 0 Å². The molecule has 1 saturated heterocycles. The molecule has 6 nitrogen and oxygen atoms in total. The number of hydrogen-bond donors (Lipinski definition) is 0. The molecule has 0 unspecified atom stereocenters. The molecule has 1 aliphatic heterocycles. The Labute approximate surface area is 172 Å². The van der Waals surface area contributed by atoms with Crippen LogP contribution >= 0.6 is 23.2 Å². The van der Waals surface area contributed by atoms with Crippen molar-refractivity contribution in [3.63, 3.8) is 0 Å². The van der Waals surface area contributed by atoms with Gasteiger partial charge in [-0.1, -0.05) is 28.4 Å². The molecule has 0 N–H and O–H groups in total. The first-order valence-corrected chi connectivity index (χ1v) is 9.67. The zero-order valence-electron chi connectivity index (χ0n) is 15.2. The fourth-order valence-corrected chi connectivity index (χ4v) is 3.52. The van der Waals surface area contributed by atoms with Gasteiger partial charge in [0, 0.05) is 49.9 Å². The van der Waals surface area contributed by atoms with Crippen LogP contribution in [0.4, 0.5) is 5.69 Å². The zero-order chi connectivity index (χ0) is 19.7. The molecule has 0 aliphatic carbocycles. The summed E-state index contributed by atoms with van der Waals surface area (Å²) in [5, 5.41) is 4.77. The predicted molar refractivity (Wildman–Crippen MR) is 109 cm³/mol. The maximum Gasteiger partial charge on any atom is 0.254 e. The van der Waals surface area contributed by atoms with E-state index >= 15 is 0 Å². The van der Waals surface area contributed by atoms with E-state index < -0.39 is 0 Å². The molecular formula is C20H18Cl2N4O2. The number of hydrogen-bond acceptors (Lipinski definition) is 5. The van der Waals surface area contributed by atoms with E-state index in [1.165, 1.54) is 0 Å². The minimum Gasteiger partial charge on any atom is -0.368 e. The Morgan fingerprint density at radius 2 is 1.71 bits per heavy atom. The summed E-state index contributed by atoms with van der Waals surface area (Å²) in [4.78, 5) is 21.0. The SMILES string of the molecule is Cc1nc(-c2ccc(N3CCN(C(=O)c4ccc(Cl)c(Cl)c4)CC3)cc2)no1. The fraction of sp³-hybridized carbons (Fsp3) is 0.250. The summed E-state index contributed by atoms with van der Waals surface area (Å²) in [5.41, 5.74) is 2.57. The number of piperazine rings is 1. The second-order valence-corrected chi connectivity index (χ2v) is 7.41. The van der Waals surface area contributed by atoms with Crippen molar-refractivity contribution < 1.29 is 9.32 Å². The Kier molecular flexibility index (Phi) is 5.24. The number of aryl methyl sites for hydroxylation is 1. The van der Waals surface area contributed by atoms with Crippen LogP contribution in [0.15, 0.2) is 47.0 Å². The lowest BCUT2D eigenvalue weighted by Crippen LogP contribution is -2.48. The van der Waals surface area contributed by atoms with Gasteiger partial charge in [0.1, 0.15) is 0 Å². The molecule has 28 heavy (non-hydrogen) atoms. The van der Waals surface area contributed by atoms with Gasteiger partial charge < -0.3 is 14.3 Å². The molecule has 2 aromatic carbocycles. The van der Waals surface area contributed by atoms with Crippen LogP contribution in [0.2, 0.25) is 10.0 Å². The highest BCUT2D eigenvalue weighted by atomic mass is 35.5. The topological polar surface area (TPSA) is 62.5 Å². The average Bonchev–Trinajstić information content (AvgIpc) is 3.16. The second kappa shape index (κ2) is 7.81. The second-order valence-electron chi connectivity index (χ2n) is 6.59. The van der Waals surface area contributed by atoms with E-state index in [9.17, 15) is 4.79 Å². The average molecular weight is 417 g/mol. The molecule has 4 rings (SSSR count). The first-order valence-electron chi connectivity index (χ1n) is 8.91. The van der Waals surface area contributed by atoms with E-state index in [1.54, 1.807) is 25.1 Å². The summed E-state index contributed by atoms with van der Waals surface area (Å²) in [6.07, 6.45) is 0. The largest absolute Gasteiger partial charge is 0.368 e. The van der Waals surface area contributed by atoms with Crippen molar-refractivity contribution in [1.29, 1.82) is 0 Å². The minimum absolute atomic E-state index is 0.0268. The van der Waals surface area contributed by atoms with E-state index in [0.29, 0.717) is 40.4 Å². The summed E-state index contributed by atoms with van der Waals surface area (Å²) < 4.78 is 5.03. The summed E-state index contributed by atoms with van der Waals surface area (Å²) in [6.45, 7) is 4.57. The number of carbonyl (C=O) groups is 1. The summed E-state index contributed by atoms with van der Waals surface area (Å²) >= 11 is 12.0. The quantitative estimate of drug-likeness (QED) is 0.636. The third-order valence-electron chi connectivity index (χ3n) is 4.75. The summed E-state index contributed by atoms with van der Waals surface area (Å²) in [7, 11) is 0. The Bertz CT molecular complexity index is 996. The van der Waals surface area contributed by atoms with Crippen molar-refractivity contribution in [3.05, 3.63) is 64.0 Å². The van der Waals surface area contributed by atoms with Crippen LogP contribution in [-0.2, 0) is 0 Å². The molecule has 0 spiro atoms. The third kappa shape index (κ3) is 3.84. The van der Waals surface area contributed by atoms with Crippen molar-refractivity contribution in [2.75, 3.05) is 31.1 Å². The number of anilines is 1. The number of halogens is 2. The maximum absolute atomic E-state index is 12.7. The Morgan fingerprint density at radius 3 is 2.32 bits per heavy atom. The number of aromatic nitrogens is 2. The van der Waals surface area contributed by atoms with Crippen molar-refractivity contribution in [2.24, 2.45) is 0 Å². The molecule has 0 atom stereocenters. The van der Waals surface area contributed by atoms with Gasteiger partial charge in [-0.15, -0.1) is 0 Å². The minimum atomic E-state index is -0.0268. The highest BCUT2D eigenvalue weighted by Gasteiger charge is 2.23. The standard InChI is InChI=1S/C20H18Cl2N4O2/c1-13-23-19(24-28-13)14-2-5-16(6-3-14)25-8-10-26(11-9-25)20(27)15-4-7-17(21)18(22)12-15/h2-7,12H,8-11H2,1H3. The maximum atomic E-state index is 12.7. The predicted octanol–water partition coefficient (Wildman–Crippen LogP) is 4.31. The lowest BCUT2D eigenvalue weighted by atomic mass is 10.1. The van der Waals surface area contributed by atoms with Crippen molar-refractivity contribution >= 4 is 34.8 Å². The number of rotatable bonds is 3. The summed E-state index contributed by atoms with van der Waals surface area (Å²) in [6, 6.07) is 13.0. The smallest absolute Gasteiger partial charge is 0.254 e. The van der Waals surface area contributed by atoms with Gasteiger partial charge in [0.2, 0.25) is 11.7 Å². The fourth-order valence-electron chi connectivity index (χ4n) is 3.22.